The third-order valence-electron chi connectivity index (χ3n) is 6.42. The number of hydrogen-bond acceptors (Lipinski definition) is 5. The number of carbonyl (C=O) groups excluding carboxylic acids is 3. The van der Waals surface area contributed by atoms with Crippen molar-refractivity contribution >= 4 is 23.8 Å². The summed E-state index contributed by atoms with van der Waals surface area (Å²) in [4.78, 5) is 50.1. The first-order valence-electron chi connectivity index (χ1n) is 9.45. The molecule has 0 saturated heterocycles. The van der Waals surface area contributed by atoms with Gasteiger partial charge in [0.05, 0.1) is 12.0 Å². The van der Waals surface area contributed by atoms with E-state index in [0.29, 0.717) is 24.0 Å². The molecule has 0 aromatic carbocycles. The van der Waals surface area contributed by atoms with E-state index in [9.17, 15) is 28.7 Å². The smallest absolute Gasteiger partial charge is 0.366 e. The molecule has 0 bridgehead atoms. The molecule has 2 amide bonds. The number of rotatable bonds is 6. The topological polar surface area (TPSA) is 101 Å². The van der Waals surface area contributed by atoms with E-state index in [2.05, 4.69) is 4.74 Å². The zero-order valence-electron chi connectivity index (χ0n) is 16.2. The molecule has 0 aromatic heterocycles. The summed E-state index contributed by atoms with van der Waals surface area (Å²) in [6.45, 7) is 4.43. The van der Waals surface area contributed by atoms with Crippen LogP contribution >= 0.6 is 0 Å². The van der Waals surface area contributed by atoms with E-state index in [-0.39, 0.29) is 13.2 Å². The van der Waals surface area contributed by atoms with Crippen LogP contribution in [0.4, 0.5) is 4.39 Å². The summed E-state index contributed by atoms with van der Waals surface area (Å²) in [7, 11) is 0. The number of aliphatic carboxylic acids is 1. The molecule has 1 saturated carbocycles. The Morgan fingerprint density at radius 3 is 2.21 bits per heavy atom. The maximum Gasteiger partial charge on any atom is 0.366 e. The molecule has 1 fully saturated rings. The third kappa shape index (κ3) is 2.77. The van der Waals surface area contributed by atoms with Gasteiger partial charge < -0.3 is 9.84 Å². The maximum absolute atomic E-state index is 14.2. The van der Waals surface area contributed by atoms with E-state index in [1.54, 1.807) is 13.8 Å². The molecule has 0 radical (unpaired) electrons. The molecule has 3 rings (SSSR count). The largest absolute Gasteiger partial charge is 0.481 e. The summed E-state index contributed by atoms with van der Waals surface area (Å²) in [5, 5.41) is 9.93. The van der Waals surface area contributed by atoms with Crippen LogP contribution in [0.15, 0.2) is 23.0 Å². The normalized spacial score (nSPS) is 29.1. The second-order valence-corrected chi connectivity index (χ2v) is 8.07. The second-order valence-electron chi connectivity index (χ2n) is 8.07. The molecule has 8 heteroatoms. The Morgan fingerprint density at radius 1 is 1.21 bits per heavy atom. The lowest BCUT2D eigenvalue weighted by atomic mass is 9.93. The Morgan fingerprint density at radius 2 is 1.75 bits per heavy atom. The first-order valence-corrected chi connectivity index (χ1v) is 9.45. The average molecular weight is 393 g/mol. The van der Waals surface area contributed by atoms with E-state index in [1.165, 1.54) is 6.92 Å². The molecule has 152 valence electrons. The van der Waals surface area contributed by atoms with Crippen molar-refractivity contribution in [1.82, 2.24) is 4.90 Å². The van der Waals surface area contributed by atoms with Crippen LogP contribution in [0.25, 0.3) is 0 Å². The van der Waals surface area contributed by atoms with E-state index in [0.717, 1.165) is 23.8 Å². The molecule has 2 aliphatic carbocycles. The van der Waals surface area contributed by atoms with Gasteiger partial charge in [0.15, 0.2) is 0 Å². The van der Waals surface area contributed by atoms with Crippen LogP contribution in [0.5, 0.6) is 0 Å². The lowest BCUT2D eigenvalue weighted by Gasteiger charge is -2.22. The lowest BCUT2D eigenvalue weighted by molar-refractivity contribution is -0.149. The number of hydrogen-bond donors (Lipinski definition) is 1. The van der Waals surface area contributed by atoms with Gasteiger partial charge in [0.1, 0.15) is 0 Å². The summed E-state index contributed by atoms with van der Waals surface area (Å²) >= 11 is 0. The van der Waals surface area contributed by atoms with Crippen molar-refractivity contribution in [1.29, 1.82) is 0 Å². The molecule has 3 aliphatic rings. The van der Waals surface area contributed by atoms with Gasteiger partial charge in [-0.05, 0) is 44.1 Å². The van der Waals surface area contributed by atoms with Gasteiger partial charge in [0.25, 0.3) is 11.8 Å². The van der Waals surface area contributed by atoms with Crippen LogP contribution < -0.4 is 0 Å². The predicted molar refractivity (Wildman–Crippen MR) is 95.4 cm³/mol. The summed E-state index contributed by atoms with van der Waals surface area (Å²) in [5.41, 5.74) is -1.57. The monoisotopic (exact) mass is 393 g/mol. The highest BCUT2D eigenvalue weighted by molar-refractivity contribution is 6.19. The van der Waals surface area contributed by atoms with Crippen molar-refractivity contribution in [3.63, 3.8) is 0 Å². The van der Waals surface area contributed by atoms with Crippen molar-refractivity contribution in [3.05, 3.63) is 23.0 Å². The van der Waals surface area contributed by atoms with Crippen LogP contribution in [0.2, 0.25) is 0 Å². The minimum Gasteiger partial charge on any atom is -0.481 e. The van der Waals surface area contributed by atoms with Crippen molar-refractivity contribution in [2.45, 2.75) is 46.5 Å². The van der Waals surface area contributed by atoms with Crippen molar-refractivity contribution in [2.24, 2.45) is 16.7 Å². The van der Waals surface area contributed by atoms with Crippen LogP contribution in [-0.4, -0.2) is 46.9 Å². The van der Waals surface area contributed by atoms with Gasteiger partial charge in [-0.25, -0.2) is 4.79 Å². The molecular formula is C20H24FNO6. The first-order chi connectivity index (χ1) is 13.1. The SMILES string of the molecule is CCOC(=O)/C(F)=C/C1C(C)(C)[C@]1(CN1C(=O)C2=C(CCCC2)C1=O)C(=O)O. The number of carboxylic acid groups (broad SMARTS) is 1. The Hall–Kier alpha value is -2.51. The Balaban J connectivity index is 1.89. The molecule has 1 N–H and O–H groups in total. The quantitative estimate of drug-likeness (QED) is 0.422. The van der Waals surface area contributed by atoms with Crippen LogP contribution in [0.1, 0.15) is 46.5 Å². The Kier molecular flexibility index (Phi) is 4.93. The number of allylic oxidation sites excluding steroid dienone is 1. The average Bonchev–Trinajstić information content (AvgIpc) is 3.01. The van der Waals surface area contributed by atoms with Crippen LogP contribution in [0, 0.1) is 16.7 Å². The van der Waals surface area contributed by atoms with Gasteiger partial charge in [0, 0.05) is 23.6 Å². The Labute approximate surface area is 162 Å². The van der Waals surface area contributed by atoms with Gasteiger partial charge in [0.2, 0.25) is 5.83 Å². The molecule has 0 spiro atoms. The lowest BCUT2D eigenvalue weighted by Crippen LogP contribution is -2.42. The fourth-order valence-corrected chi connectivity index (χ4v) is 4.63. The molecule has 2 atom stereocenters. The zero-order chi connectivity index (χ0) is 20.9. The van der Waals surface area contributed by atoms with Crippen molar-refractivity contribution < 1.29 is 33.4 Å². The summed E-state index contributed by atoms with van der Waals surface area (Å²) in [5.74, 6) is -5.32. The molecular weight excluding hydrogens is 369 g/mol. The second kappa shape index (κ2) is 6.83. The minimum absolute atomic E-state index is 0.00771. The highest BCUT2D eigenvalue weighted by atomic mass is 19.1. The highest BCUT2D eigenvalue weighted by Gasteiger charge is 2.76. The maximum atomic E-state index is 14.2. The van der Waals surface area contributed by atoms with Crippen molar-refractivity contribution in [2.75, 3.05) is 13.2 Å². The first kappa shape index (κ1) is 20.2. The van der Waals surface area contributed by atoms with Gasteiger partial charge in [-0.2, -0.15) is 4.39 Å². The standard InChI is InChI=1S/C20H24FNO6/c1-4-28-17(25)13(21)9-14-19(2,3)20(14,18(26)27)10-22-15(23)11-7-5-6-8-12(11)16(22)24/h9,14H,4-8,10H2,1-3H3,(H,26,27)/b13-9-/t14?,20-/m0/s1. The third-order valence-corrected chi connectivity index (χ3v) is 6.42. The molecule has 7 nitrogen and oxygen atoms in total. The predicted octanol–water partition coefficient (Wildman–Crippen LogP) is 2.37. The van der Waals surface area contributed by atoms with E-state index in [1.807, 2.05) is 0 Å². The van der Waals surface area contributed by atoms with Crippen LogP contribution in [0.3, 0.4) is 0 Å². The fraction of sp³-hybridized carbons (Fsp3) is 0.600. The number of nitrogens with zero attached hydrogens (tertiary/aromatic N) is 1. The molecule has 1 aliphatic heterocycles. The van der Waals surface area contributed by atoms with Gasteiger partial charge in [-0.1, -0.05) is 13.8 Å². The van der Waals surface area contributed by atoms with Gasteiger partial charge in [-0.15, -0.1) is 0 Å². The number of carbonyl (C=O) groups is 4. The molecule has 28 heavy (non-hydrogen) atoms. The van der Waals surface area contributed by atoms with E-state index in [4.69, 9.17) is 0 Å². The number of carboxylic acids is 1. The summed E-state index contributed by atoms with van der Waals surface area (Å²) in [6, 6.07) is 0. The Bertz CT molecular complexity index is 799. The molecule has 1 unspecified atom stereocenters. The highest BCUT2D eigenvalue weighted by Crippen LogP contribution is 2.70. The number of halogens is 1. The van der Waals surface area contributed by atoms with Crippen LogP contribution in [-0.2, 0) is 23.9 Å². The van der Waals surface area contributed by atoms with Gasteiger partial charge in [-0.3, -0.25) is 19.3 Å². The van der Waals surface area contributed by atoms with Gasteiger partial charge >= 0.3 is 11.9 Å². The summed E-state index contributed by atoms with van der Waals surface area (Å²) < 4.78 is 18.8. The number of amides is 2. The fourth-order valence-electron chi connectivity index (χ4n) is 4.63. The van der Waals surface area contributed by atoms with E-state index < -0.39 is 46.3 Å². The minimum atomic E-state index is -1.56. The number of imide groups is 1. The number of ether oxygens (including phenoxy) is 1. The summed E-state index contributed by atoms with van der Waals surface area (Å²) in [6.07, 6.45) is 3.61. The van der Waals surface area contributed by atoms with Crippen molar-refractivity contribution in [3.8, 4) is 0 Å². The van der Waals surface area contributed by atoms with E-state index >= 15 is 0 Å². The number of esters is 1. The molecule has 0 aromatic rings. The molecule has 1 heterocycles. The zero-order valence-corrected chi connectivity index (χ0v) is 16.2.